The fourth-order valence-corrected chi connectivity index (χ4v) is 1.62. The summed E-state index contributed by atoms with van der Waals surface area (Å²) in [4.78, 5) is 11.7. The van der Waals surface area contributed by atoms with E-state index in [0.29, 0.717) is 5.88 Å². The van der Waals surface area contributed by atoms with E-state index in [1.807, 2.05) is 24.4 Å². The summed E-state index contributed by atoms with van der Waals surface area (Å²) in [5, 5.41) is 3.32. The molecule has 1 unspecified atom stereocenters. The molecule has 0 saturated carbocycles. The summed E-state index contributed by atoms with van der Waals surface area (Å²) >= 11 is 0. The summed E-state index contributed by atoms with van der Waals surface area (Å²) in [5.41, 5.74) is 0. The van der Waals surface area contributed by atoms with E-state index in [2.05, 4.69) is 27.2 Å². The summed E-state index contributed by atoms with van der Waals surface area (Å²) in [6.45, 7) is 2.10. The number of H-pyrrole nitrogens is 1. The number of anilines is 1. The summed E-state index contributed by atoms with van der Waals surface area (Å²) in [6, 6.07) is 5.76. The van der Waals surface area contributed by atoms with Crippen LogP contribution in [0.1, 0.15) is 25.2 Å². The Labute approximate surface area is 100 Å². The molecule has 1 atom stereocenters. The van der Waals surface area contributed by atoms with Crippen LogP contribution in [0.4, 0.5) is 5.82 Å². The Bertz CT molecular complexity index is 455. The van der Waals surface area contributed by atoms with Crippen molar-refractivity contribution in [2.24, 2.45) is 0 Å². The molecule has 0 aliphatic carbocycles. The smallest absolute Gasteiger partial charge is 0.214 e. The highest BCUT2D eigenvalue weighted by molar-refractivity contribution is 5.38. The van der Waals surface area contributed by atoms with Gasteiger partial charge in [-0.15, -0.1) is 0 Å². The first-order valence-corrected chi connectivity index (χ1v) is 5.60. The average molecular weight is 232 g/mol. The maximum absolute atomic E-state index is 5.09. The first kappa shape index (κ1) is 11.4. The second-order valence-corrected chi connectivity index (χ2v) is 3.64. The van der Waals surface area contributed by atoms with Crippen molar-refractivity contribution in [2.45, 2.75) is 19.4 Å². The zero-order valence-corrected chi connectivity index (χ0v) is 9.97. The van der Waals surface area contributed by atoms with Crippen molar-refractivity contribution in [2.75, 3.05) is 12.4 Å². The predicted molar refractivity (Wildman–Crippen MR) is 66.0 cm³/mol. The number of aromatic amines is 1. The van der Waals surface area contributed by atoms with E-state index < -0.39 is 0 Å². The average Bonchev–Trinajstić information content (AvgIpc) is 2.90. The quantitative estimate of drug-likeness (QED) is 0.830. The Balaban J connectivity index is 2.13. The molecule has 0 aliphatic heterocycles. The van der Waals surface area contributed by atoms with Crippen LogP contribution in [0.25, 0.3) is 0 Å². The molecular formula is C12H16N4O. The second kappa shape index (κ2) is 5.34. The van der Waals surface area contributed by atoms with Gasteiger partial charge in [-0.2, -0.15) is 4.98 Å². The zero-order valence-electron chi connectivity index (χ0n) is 9.97. The van der Waals surface area contributed by atoms with Gasteiger partial charge >= 0.3 is 0 Å². The van der Waals surface area contributed by atoms with Crippen LogP contribution >= 0.6 is 0 Å². The topological polar surface area (TPSA) is 62.8 Å². The number of aromatic nitrogens is 3. The minimum absolute atomic E-state index is 0.129. The van der Waals surface area contributed by atoms with Crippen molar-refractivity contribution in [3.05, 3.63) is 36.4 Å². The predicted octanol–water partition coefficient (Wildman–Crippen LogP) is 2.38. The van der Waals surface area contributed by atoms with Crippen LogP contribution in [0.5, 0.6) is 5.88 Å². The lowest BCUT2D eigenvalue weighted by Gasteiger charge is -2.15. The van der Waals surface area contributed by atoms with Gasteiger partial charge in [-0.1, -0.05) is 13.0 Å². The van der Waals surface area contributed by atoms with Crippen LogP contribution in [0, 0.1) is 0 Å². The summed E-state index contributed by atoms with van der Waals surface area (Å²) < 4.78 is 5.09. The highest BCUT2D eigenvalue weighted by atomic mass is 16.5. The summed E-state index contributed by atoms with van der Waals surface area (Å²) in [5.74, 6) is 2.30. The first-order valence-electron chi connectivity index (χ1n) is 5.60. The Morgan fingerprint density at radius 2 is 2.35 bits per heavy atom. The van der Waals surface area contributed by atoms with Gasteiger partial charge in [0.15, 0.2) is 0 Å². The molecule has 0 radical (unpaired) electrons. The molecule has 0 spiro atoms. The number of ether oxygens (including phenoxy) is 1. The van der Waals surface area contributed by atoms with Gasteiger partial charge in [0.25, 0.3) is 0 Å². The molecule has 17 heavy (non-hydrogen) atoms. The third-order valence-corrected chi connectivity index (χ3v) is 2.51. The monoisotopic (exact) mass is 232 g/mol. The molecule has 2 rings (SSSR count). The van der Waals surface area contributed by atoms with E-state index in [1.165, 1.54) is 0 Å². The van der Waals surface area contributed by atoms with Gasteiger partial charge in [-0.3, -0.25) is 0 Å². The Hall–Kier alpha value is -2.04. The number of methoxy groups -OCH3 is 1. The van der Waals surface area contributed by atoms with Gasteiger partial charge in [-0.25, -0.2) is 4.98 Å². The van der Waals surface area contributed by atoms with Crippen LogP contribution in [0.15, 0.2) is 30.6 Å². The zero-order chi connectivity index (χ0) is 12.1. The highest BCUT2D eigenvalue weighted by Crippen LogP contribution is 2.19. The van der Waals surface area contributed by atoms with E-state index in [9.17, 15) is 0 Å². The molecule has 5 nitrogen and oxygen atoms in total. The van der Waals surface area contributed by atoms with Crippen molar-refractivity contribution in [1.29, 1.82) is 0 Å². The number of rotatable bonds is 5. The van der Waals surface area contributed by atoms with Crippen molar-refractivity contribution in [1.82, 2.24) is 15.0 Å². The van der Waals surface area contributed by atoms with E-state index >= 15 is 0 Å². The minimum Gasteiger partial charge on any atom is -0.481 e. The molecule has 0 aliphatic rings. The largest absolute Gasteiger partial charge is 0.481 e. The standard InChI is InChI=1S/C12H16N4O/c1-3-9(12-13-7-8-14-12)15-10-5-4-6-11(16-10)17-2/h4-9H,3H2,1-2H3,(H,13,14)(H,15,16). The lowest BCUT2D eigenvalue weighted by atomic mass is 10.2. The lowest BCUT2D eigenvalue weighted by Crippen LogP contribution is -2.12. The molecule has 0 aromatic carbocycles. The number of nitrogens with zero attached hydrogens (tertiary/aromatic N) is 2. The van der Waals surface area contributed by atoms with E-state index in [4.69, 9.17) is 4.74 Å². The molecule has 2 aromatic rings. The van der Waals surface area contributed by atoms with Gasteiger partial charge in [0, 0.05) is 18.5 Å². The molecule has 0 bridgehead atoms. The van der Waals surface area contributed by atoms with Crippen LogP contribution in [-0.2, 0) is 0 Å². The van der Waals surface area contributed by atoms with Gasteiger partial charge in [0.2, 0.25) is 5.88 Å². The van der Waals surface area contributed by atoms with Crippen LogP contribution in [0.2, 0.25) is 0 Å². The third-order valence-electron chi connectivity index (χ3n) is 2.51. The molecule has 2 aromatic heterocycles. The Morgan fingerprint density at radius 3 is 3.00 bits per heavy atom. The number of hydrogen-bond acceptors (Lipinski definition) is 4. The number of nitrogens with one attached hydrogen (secondary N) is 2. The summed E-state index contributed by atoms with van der Waals surface area (Å²) in [7, 11) is 1.61. The molecule has 5 heteroatoms. The van der Waals surface area contributed by atoms with Gasteiger partial charge in [-0.05, 0) is 12.5 Å². The fraction of sp³-hybridized carbons (Fsp3) is 0.333. The van der Waals surface area contributed by atoms with Gasteiger partial charge < -0.3 is 15.0 Å². The van der Waals surface area contributed by atoms with Crippen LogP contribution in [-0.4, -0.2) is 22.1 Å². The van der Waals surface area contributed by atoms with Crippen molar-refractivity contribution < 1.29 is 4.74 Å². The first-order chi connectivity index (χ1) is 8.33. The number of pyridine rings is 1. The second-order valence-electron chi connectivity index (χ2n) is 3.64. The summed E-state index contributed by atoms with van der Waals surface area (Å²) in [6.07, 6.45) is 4.49. The highest BCUT2D eigenvalue weighted by Gasteiger charge is 2.11. The molecule has 0 fully saturated rings. The van der Waals surface area contributed by atoms with Crippen molar-refractivity contribution in [3.8, 4) is 5.88 Å². The van der Waals surface area contributed by atoms with Crippen molar-refractivity contribution >= 4 is 5.82 Å². The molecule has 0 saturated heterocycles. The van der Waals surface area contributed by atoms with E-state index in [1.54, 1.807) is 13.3 Å². The van der Waals surface area contributed by atoms with Gasteiger partial charge in [0.05, 0.1) is 13.2 Å². The number of imidazole rings is 1. The molecular weight excluding hydrogens is 216 g/mol. The molecule has 2 heterocycles. The Kier molecular flexibility index (Phi) is 3.59. The van der Waals surface area contributed by atoms with E-state index in [-0.39, 0.29) is 6.04 Å². The molecule has 2 N–H and O–H groups in total. The van der Waals surface area contributed by atoms with Crippen molar-refractivity contribution in [3.63, 3.8) is 0 Å². The molecule has 90 valence electrons. The molecule has 0 amide bonds. The van der Waals surface area contributed by atoms with Crippen LogP contribution in [0.3, 0.4) is 0 Å². The fourth-order valence-electron chi connectivity index (χ4n) is 1.62. The van der Waals surface area contributed by atoms with Gasteiger partial charge in [0.1, 0.15) is 11.6 Å². The van der Waals surface area contributed by atoms with E-state index in [0.717, 1.165) is 18.1 Å². The minimum atomic E-state index is 0.129. The third kappa shape index (κ3) is 2.75. The normalized spacial score (nSPS) is 12.1. The Morgan fingerprint density at radius 1 is 1.47 bits per heavy atom. The SMILES string of the molecule is CCC(Nc1cccc(OC)n1)c1ncc[nH]1. The van der Waals surface area contributed by atoms with Crippen LogP contribution < -0.4 is 10.1 Å². The maximum Gasteiger partial charge on any atom is 0.214 e. The lowest BCUT2D eigenvalue weighted by molar-refractivity contribution is 0.398. The maximum atomic E-state index is 5.09. The number of hydrogen-bond donors (Lipinski definition) is 2.